The number of benzene rings is 1. The zero-order chi connectivity index (χ0) is 16.1. The Hall–Kier alpha value is -2.63. The summed E-state index contributed by atoms with van der Waals surface area (Å²) in [6.07, 6.45) is 0.412. The van der Waals surface area contributed by atoms with E-state index >= 15 is 0 Å². The number of rotatable bonds is 5. The number of hydrogen-bond acceptors (Lipinski definition) is 5. The van der Waals surface area contributed by atoms with Gasteiger partial charge in [0.2, 0.25) is 0 Å². The van der Waals surface area contributed by atoms with Crippen LogP contribution in [-0.4, -0.2) is 30.0 Å². The van der Waals surface area contributed by atoms with E-state index in [1.807, 2.05) is 24.3 Å². The van der Waals surface area contributed by atoms with Crippen molar-refractivity contribution < 1.29 is 14.3 Å². The number of methoxy groups -OCH3 is 2. The van der Waals surface area contributed by atoms with Crippen LogP contribution in [0.25, 0.3) is 11.3 Å². The fraction of sp³-hybridized carbons (Fsp3) is 0.312. The Bertz CT molecular complexity index is 724. The molecule has 2 aromatic rings. The SMILES string of the molecule is CC[C@H](C(=O)OC)n1nc(-c2ccccc2OC)ccc1=O. The van der Waals surface area contributed by atoms with Gasteiger partial charge in [0, 0.05) is 11.6 Å². The second-order valence-electron chi connectivity index (χ2n) is 4.65. The number of esters is 1. The molecule has 22 heavy (non-hydrogen) atoms. The molecular formula is C16H18N2O4. The summed E-state index contributed by atoms with van der Waals surface area (Å²) < 4.78 is 11.2. The molecule has 0 aliphatic heterocycles. The molecule has 1 aromatic heterocycles. The van der Waals surface area contributed by atoms with Gasteiger partial charge in [0.15, 0.2) is 6.04 Å². The molecule has 0 N–H and O–H groups in total. The second-order valence-corrected chi connectivity index (χ2v) is 4.65. The Morgan fingerprint density at radius 1 is 1.23 bits per heavy atom. The van der Waals surface area contributed by atoms with Crippen LogP contribution in [0.4, 0.5) is 0 Å². The predicted molar refractivity (Wildman–Crippen MR) is 81.8 cm³/mol. The summed E-state index contributed by atoms with van der Waals surface area (Å²) in [5, 5.41) is 4.31. The number of carbonyl (C=O) groups excluding carboxylic acids is 1. The van der Waals surface area contributed by atoms with E-state index in [0.717, 1.165) is 10.2 Å². The zero-order valence-electron chi connectivity index (χ0n) is 12.8. The third-order valence-corrected chi connectivity index (χ3v) is 3.36. The maximum atomic E-state index is 12.0. The summed E-state index contributed by atoms with van der Waals surface area (Å²) in [7, 11) is 2.86. The number of para-hydroxylation sites is 1. The summed E-state index contributed by atoms with van der Waals surface area (Å²) >= 11 is 0. The van der Waals surface area contributed by atoms with Crippen molar-refractivity contribution in [3.05, 3.63) is 46.8 Å². The van der Waals surface area contributed by atoms with E-state index in [9.17, 15) is 9.59 Å². The molecule has 1 atom stereocenters. The van der Waals surface area contributed by atoms with Crippen LogP contribution in [0, 0.1) is 0 Å². The highest BCUT2D eigenvalue weighted by atomic mass is 16.5. The maximum Gasteiger partial charge on any atom is 0.330 e. The maximum absolute atomic E-state index is 12.0. The standard InChI is InChI=1S/C16H18N2O4/c1-4-13(16(20)22-3)18-15(19)10-9-12(17-18)11-7-5-6-8-14(11)21-2/h5-10,13H,4H2,1-3H3/t13-/m1/s1. The Morgan fingerprint density at radius 3 is 2.59 bits per heavy atom. The van der Waals surface area contributed by atoms with E-state index in [4.69, 9.17) is 9.47 Å². The first-order valence-corrected chi connectivity index (χ1v) is 6.93. The van der Waals surface area contributed by atoms with E-state index in [1.54, 1.807) is 20.1 Å². The average molecular weight is 302 g/mol. The van der Waals surface area contributed by atoms with Crippen molar-refractivity contribution in [2.24, 2.45) is 0 Å². The van der Waals surface area contributed by atoms with E-state index in [0.29, 0.717) is 17.9 Å². The van der Waals surface area contributed by atoms with Gasteiger partial charge >= 0.3 is 5.97 Å². The van der Waals surface area contributed by atoms with Gasteiger partial charge in [-0.15, -0.1) is 0 Å². The molecule has 0 amide bonds. The minimum Gasteiger partial charge on any atom is -0.496 e. The Balaban J connectivity index is 2.55. The molecule has 116 valence electrons. The lowest BCUT2D eigenvalue weighted by atomic mass is 10.1. The Morgan fingerprint density at radius 2 is 1.95 bits per heavy atom. The normalized spacial score (nSPS) is 11.8. The number of carbonyl (C=O) groups is 1. The summed E-state index contributed by atoms with van der Waals surface area (Å²) in [6.45, 7) is 1.80. The van der Waals surface area contributed by atoms with E-state index in [-0.39, 0.29) is 5.56 Å². The number of nitrogens with zero attached hydrogens (tertiary/aromatic N) is 2. The van der Waals surface area contributed by atoms with Crippen LogP contribution in [0.15, 0.2) is 41.2 Å². The molecule has 0 aliphatic rings. The van der Waals surface area contributed by atoms with Crippen LogP contribution in [0.5, 0.6) is 5.75 Å². The largest absolute Gasteiger partial charge is 0.496 e. The molecular weight excluding hydrogens is 284 g/mol. The van der Waals surface area contributed by atoms with Crippen molar-refractivity contribution in [3.63, 3.8) is 0 Å². The molecule has 2 rings (SSSR count). The quantitative estimate of drug-likeness (QED) is 0.790. The fourth-order valence-corrected chi connectivity index (χ4v) is 2.22. The van der Waals surface area contributed by atoms with E-state index in [1.165, 1.54) is 13.2 Å². The average Bonchev–Trinajstić information content (AvgIpc) is 2.56. The monoisotopic (exact) mass is 302 g/mol. The van der Waals surface area contributed by atoms with Crippen molar-refractivity contribution >= 4 is 5.97 Å². The molecule has 0 aliphatic carbocycles. The Labute approximate surface area is 128 Å². The smallest absolute Gasteiger partial charge is 0.330 e. The molecule has 0 unspecified atom stereocenters. The fourth-order valence-electron chi connectivity index (χ4n) is 2.22. The predicted octanol–water partition coefficient (Wildman–Crippen LogP) is 2.04. The molecule has 0 radical (unpaired) electrons. The number of hydrogen-bond donors (Lipinski definition) is 0. The van der Waals surface area contributed by atoms with Crippen molar-refractivity contribution in [1.82, 2.24) is 9.78 Å². The molecule has 0 bridgehead atoms. The topological polar surface area (TPSA) is 70.4 Å². The van der Waals surface area contributed by atoms with Crippen LogP contribution in [-0.2, 0) is 9.53 Å². The molecule has 1 aromatic carbocycles. The molecule has 1 heterocycles. The van der Waals surface area contributed by atoms with Crippen LogP contribution in [0.2, 0.25) is 0 Å². The molecule has 0 spiro atoms. The molecule has 6 heteroatoms. The van der Waals surface area contributed by atoms with Gasteiger partial charge in [0.25, 0.3) is 5.56 Å². The minimum atomic E-state index is -0.743. The van der Waals surface area contributed by atoms with Gasteiger partial charge in [0.1, 0.15) is 5.75 Å². The van der Waals surface area contributed by atoms with Gasteiger partial charge in [-0.2, -0.15) is 5.10 Å². The van der Waals surface area contributed by atoms with E-state index in [2.05, 4.69) is 5.10 Å². The van der Waals surface area contributed by atoms with Gasteiger partial charge in [-0.25, -0.2) is 9.48 Å². The summed E-state index contributed by atoms with van der Waals surface area (Å²) in [5.41, 5.74) is 0.953. The van der Waals surface area contributed by atoms with Crippen molar-refractivity contribution in [3.8, 4) is 17.0 Å². The highest BCUT2D eigenvalue weighted by molar-refractivity contribution is 5.74. The third kappa shape index (κ3) is 3.00. The lowest BCUT2D eigenvalue weighted by Crippen LogP contribution is -2.32. The van der Waals surface area contributed by atoms with Crippen LogP contribution >= 0.6 is 0 Å². The first-order chi connectivity index (χ1) is 10.6. The van der Waals surface area contributed by atoms with Crippen molar-refractivity contribution in [2.45, 2.75) is 19.4 Å². The zero-order valence-corrected chi connectivity index (χ0v) is 12.8. The lowest BCUT2D eigenvalue weighted by molar-refractivity contribution is -0.145. The highest BCUT2D eigenvalue weighted by Crippen LogP contribution is 2.27. The van der Waals surface area contributed by atoms with Crippen molar-refractivity contribution in [2.75, 3.05) is 14.2 Å². The molecule has 0 fully saturated rings. The minimum absolute atomic E-state index is 0.351. The Kier molecular flexibility index (Phi) is 4.93. The lowest BCUT2D eigenvalue weighted by Gasteiger charge is -2.16. The van der Waals surface area contributed by atoms with Gasteiger partial charge in [-0.1, -0.05) is 19.1 Å². The summed E-state index contributed by atoms with van der Waals surface area (Å²) in [5.74, 6) is 0.153. The third-order valence-electron chi connectivity index (χ3n) is 3.36. The highest BCUT2D eigenvalue weighted by Gasteiger charge is 2.22. The van der Waals surface area contributed by atoms with Gasteiger partial charge < -0.3 is 9.47 Å². The van der Waals surface area contributed by atoms with E-state index < -0.39 is 12.0 Å². The van der Waals surface area contributed by atoms with Crippen molar-refractivity contribution in [1.29, 1.82) is 0 Å². The van der Waals surface area contributed by atoms with Gasteiger partial charge in [0.05, 0.1) is 19.9 Å². The van der Waals surface area contributed by atoms with Crippen LogP contribution < -0.4 is 10.3 Å². The molecule has 0 saturated heterocycles. The number of ether oxygens (including phenoxy) is 2. The van der Waals surface area contributed by atoms with Crippen LogP contribution in [0.1, 0.15) is 19.4 Å². The molecule has 6 nitrogen and oxygen atoms in total. The second kappa shape index (κ2) is 6.89. The number of aromatic nitrogens is 2. The van der Waals surface area contributed by atoms with Gasteiger partial charge in [-0.3, -0.25) is 4.79 Å². The molecule has 0 saturated carbocycles. The van der Waals surface area contributed by atoms with Gasteiger partial charge in [-0.05, 0) is 24.6 Å². The summed E-state index contributed by atoms with van der Waals surface area (Å²) in [4.78, 5) is 23.9. The summed E-state index contributed by atoms with van der Waals surface area (Å²) in [6, 6.07) is 9.61. The first kappa shape index (κ1) is 15.8. The first-order valence-electron chi connectivity index (χ1n) is 6.93. The van der Waals surface area contributed by atoms with Crippen LogP contribution in [0.3, 0.4) is 0 Å².